The minimum atomic E-state index is -4.91. The minimum Gasteiger partial charge on any atom is -0.379 e. The van der Waals surface area contributed by atoms with Gasteiger partial charge in [-0.05, 0) is 12.1 Å². The lowest BCUT2D eigenvalue weighted by Gasteiger charge is -2.39. The third-order valence-electron chi connectivity index (χ3n) is 7.40. The van der Waals surface area contributed by atoms with Crippen LogP contribution in [0.2, 0.25) is 5.02 Å². The van der Waals surface area contributed by atoms with Gasteiger partial charge in [0.1, 0.15) is 17.5 Å². The van der Waals surface area contributed by atoms with Gasteiger partial charge in [0.05, 0.1) is 34.8 Å². The Labute approximate surface area is 233 Å². The van der Waals surface area contributed by atoms with Gasteiger partial charge in [-0.2, -0.15) is 29.9 Å². The second kappa shape index (κ2) is 10.1. The summed E-state index contributed by atoms with van der Waals surface area (Å²) in [4.78, 5) is 19.8. The second-order valence-electron chi connectivity index (χ2n) is 9.62. The maximum absolute atomic E-state index is 15.2. The molecule has 2 saturated heterocycles. The fourth-order valence-corrected chi connectivity index (χ4v) is 8.41. The number of thioether (sulfide) groups is 2. The van der Waals surface area contributed by atoms with E-state index >= 15 is 4.39 Å². The molecule has 208 valence electrons. The maximum atomic E-state index is 15.2. The third-order valence-corrected chi connectivity index (χ3v) is 10.1. The van der Waals surface area contributed by atoms with E-state index in [1.54, 1.807) is 11.8 Å². The summed E-state index contributed by atoms with van der Waals surface area (Å²) in [5, 5.41) is 3.07. The van der Waals surface area contributed by atoms with Crippen molar-refractivity contribution in [3.63, 3.8) is 0 Å². The van der Waals surface area contributed by atoms with Crippen LogP contribution in [0, 0.1) is 11.6 Å². The Kier molecular flexibility index (Phi) is 7.02. The van der Waals surface area contributed by atoms with Crippen LogP contribution in [0.25, 0.3) is 22.0 Å². The summed E-state index contributed by atoms with van der Waals surface area (Å²) in [5.41, 5.74) is -2.52. The van der Waals surface area contributed by atoms with Crippen molar-refractivity contribution in [1.29, 1.82) is 0 Å². The molecule has 2 aromatic carbocycles. The highest BCUT2D eigenvalue weighted by Gasteiger charge is 2.41. The van der Waals surface area contributed by atoms with Gasteiger partial charge in [-0.15, -0.1) is 11.8 Å². The molecule has 0 aliphatic carbocycles. The summed E-state index contributed by atoms with van der Waals surface area (Å²) in [6.45, 7) is 1.10. The van der Waals surface area contributed by atoms with Crippen molar-refractivity contribution >= 4 is 51.8 Å². The van der Waals surface area contributed by atoms with Crippen LogP contribution in [0.15, 0.2) is 27.9 Å². The summed E-state index contributed by atoms with van der Waals surface area (Å²) >= 11 is 8.68. The number of piperazine rings is 1. The number of aromatic nitrogens is 2. The first-order valence-electron chi connectivity index (χ1n) is 12.2. The topological polar surface area (TPSA) is 59.4 Å². The molecule has 1 aromatic heterocycles. The summed E-state index contributed by atoms with van der Waals surface area (Å²) < 4.78 is 80.2. The molecule has 2 fully saturated rings. The Morgan fingerprint density at radius 2 is 1.95 bits per heavy atom. The highest BCUT2D eigenvalue weighted by Crippen LogP contribution is 2.49. The zero-order chi connectivity index (χ0) is 27.6. The number of rotatable bonds is 3. The van der Waals surface area contributed by atoms with Crippen LogP contribution in [0.3, 0.4) is 0 Å². The van der Waals surface area contributed by atoms with E-state index in [9.17, 15) is 22.4 Å². The molecule has 3 aliphatic rings. The van der Waals surface area contributed by atoms with Crippen molar-refractivity contribution in [1.82, 2.24) is 14.9 Å². The van der Waals surface area contributed by atoms with Gasteiger partial charge < -0.3 is 15.0 Å². The molecule has 4 heterocycles. The average molecular weight is 605 g/mol. The standard InChI is InChI=1S/C25H22ClF5N4O2S2/c1-37-11-7-35-21-13(23(33-24(35)36)34-3-2-32-18-9-38-10-19(18)34)4-14(25(29,30)31)20(22(21)39-8-11)12-5-15(26)17(28)6-16(12)27/h4-6,11,18-19,32H,2-3,7-10H2,1H3/t11-,18-,19+/m0/s1. The lowest BCUT2D eigenvalue weighted by atomic mass is 9.95. The Hall–Kier alpha value is -2.06. The van der Waals surface area contributed by atoms with E-state index < -0.39 is 51.3 Å². The Morgan fingerprint density at radius 3 is 2.69 bits per heavy atom. The first kappa shape index (κ1) is 27.1. The number of anilines is 1. The molecule has 0 amide bonds. The van der Waals surface area contributed by atoms with Crippen molar-refractivity contribution in [2.45, 2.75) is 35.8 Å². The molecule has 0 bridgehead atoms. The Balaban J connectivity index is 1.73. The number of benzene rings is 2. The molecule has 0 unspecified atom stereocenters. The molecule has 0 saturated carbocycles. The average Bonchev–Trinajstić information content (AvgIpc) is 3.29. The zero-order valence-electron chi connectivity index (χ0n) is 20.4. The summed E-state index contributed by atoms with van der Waals surface area (Å²) in [7, 11) is 1.45. The number of nitrogens with zero attached hydrogens (tertiary/aromatic N) is 3. The largest absolute Gasteiger partial charge is 0.417 e. The van der Waals surface area contributed by atoms with Crippen LogP contribution in [-0.4, -0.2) is 65.2 Å². The number of nitrogens with one attached hydrogen (secondary N) is 1. The smallest absolute Gasteiger partial charge is 0.379 e. The predicted molar refractivity (Wildman–Crippen MR) is 143 cm³/mol. The number of alkyl halides is 3. The van der Waals surface area contributed by atoms with Gasteiger partial charge in [0.15, 0.2) is 0 Å². The van der Waals surface area contributed by atoms with Crippen LogP contribution in [0.4, 0.5) is 27.8 Å². The van der Waals surface area contributed by atoms with E-state index in [1.165, 1.54) is 11.7 Å². The molecule has 0 spiro atoms. The third kappa shape index (κ3) is 4.59. The van der Waals surface area contributed by atoms with Crippen LogP contribution in [-0.2, 0) is 17.5 Å². The first-order chi connectivity index (χ1) is 18.6. The molecule has 6 rings (SSSR count). The quantitative estimate of drug-likeness (QED) is 0.333. The summed E-state index contributed by atoms with van der Waals surface area (Å²) in [6, 6.07) is 2.33. The normalized spacial score (nSPS) is 23.3. The molecular weight excluding hydrogens is 583 g/mol. The van der Waals surface area contributed by atoms with E-state index in [1.807, 2.05) is 4.90 Å². The summed E-state index contributed by atoms with van der Waals surface area (Å²) in [6.07, 6.45) is -5.43. The van der Waals surface area contributed by atoms with Gasteiger partial charge in [0.25, 0.3) is 0 Å². The molecule has 1 N–H and O–H groups in total. The highest BCUT2D eigenvalue weighted by molar-refractivity contribution is 7.99. The maximum Gasteiger partial charge on any atom is 0.417 e. The van der Waals surface area contributed by atoms with Crippen LogP contribution < -0.4 is 15.9 Å². The summed E-state index contributed by atoms with van der Waals surface area (Å²) in [5.74, 6) is -0.325. The van der Waals surface area contributed by atoms with Gasteiger partial charge in [0.2, 0.25) is 0 Å². The molecule has 3 atom stereocenters. The van der Waals surface area contributed by atoms with Gasteiger partial charge >= 0.3 is 11.9 Å². The lowest BCUT2D eigenvalue weighted by molar-refractivity contribution is -0.137. The molecular formula is C25H22ClF5N4O2S2. The monoisotopic (exact) mass is 604 g/mol. The lowest BCUT2D eigenvalue weighted by Crippen LogP contribution is -2.58. The fourth-order valence-electron chi connectivity index (χ4n) is 5.55. The molecule has 39 heavy (non-hydrogen) atoms. The van der Waals surface area contributed by atoms with E-state index in [4.69, 9.17) is 16.3 Å². The molecule has 0 radical (unpaired) electrons. The number of fused-ring (bicyclic) bond motifs is 1. The SMILES string of the molecule is CO[C@@H]1CSc2c(-c3cc(Cl)c(F)cc3F)c(C(F)(F)F)cc3c(N4CCN[C@H]5CSC[C@H]54)nc(=O)n(c23)C1. The van der Waals surface area contributed by atoms with Crippen molar-refractivity contribution in [2.24, 2.45) is 0 Å². The van der Waals surface area contributed by atoms with Gasteiger partial charge in [-0.25, -0.2) is 13.6 Å². The van der Waals surface area contributed by atoms with Gasteiger partial charge in [0, 0.05) is 71.0 Å². The first-order valence-corrected chi connectivity index (χ1v) is 14.7. The van der Waals surface area contributed by atoms with Crippen molar-refractivity contribution < 1.29 is 26.7 Å². The number of halogens is 6. The molecule has 14 heteroatoms. The molecule has 3 aromatic rings. The molecule has 3 aliphatic heterocycles. The zero-order valence-corrected chi connectivity index (χ0v) is 22.8. The van der Waals surface area contributed by atoms with E-state index in [-0.39, 0.29) is 46.0 Å². The number of ether oxygens (including phenoxy) is 1. The predicted octanol–water partition coefficient (Wildman–Crippen LogP) is 5.03. The number of hydrogen-bond acceptors (Lipinski definition) is 7. The van der Waals surface area contributed by atoms with Crippen LogP contribution in [0.5, 0.6) is 0 Å². The van der Waals surface area contributed by atoms with Crippen molar-refractivity contribution in [2.75, 3.05) is 42.4 Å². The second-order valence-corrected chi connectivity index (χ2v) is 12.1. The van der Waals surface area contributed by atoms with E-state index in [0.29, 0.717) is 19.2 Å². The Bertz CT molecular complexity index is 1540. The number of hydrogen-bond donors (Lipinski definition) is 1. The van der Waals surface area contributed by atoms with Crippen molar-refractivity contribution in [3.05, 3.63) is 50.9 Å². The van der Waals surface area contributed by atoms with E-state index in [0.717, 1.165) is 35.4 Å². The van der Waals surface area contributed by atoms with Gasteiger partial charge in [-0.3, -0.25) is 4.57 Å². The highest BCUT2D eigenvalue weighted by atomic mass is 35.5. The minimum absolute atomic E-state index is 0.0502. The van der Waals surface area contributed by atoms with Crippen molar-refractivity contribution in [3.8, 4) is 11.1 Å². The molecule has 6 nitrogen and oxygen atoms in total. The van der Waals surface area contributed by atoms with Gasteiger partial charge in [-0.1, -0.05) is 11.6 Å². The van der Waals surface area contributed by atoms with Crippen LogP contribution in [0.1, 0.15) is 5.56 Å². The number of methoxy groups -OCH3 is 1. The van der Waals surface area contributed by atoms with Crippen LogP contribution >= 0.6 is 35.1 Å². The fraction of sp³-hybridized carbons (Fsp3) is 0.440. The Morgan fingerprint density at radius 1 is 1.15 bits per heavy atom. The van der Waals surface area contributed by atoms with E-state index in [2.05, 4.69) is 10.3 Å².